The highest BCUT2D eigenvalue weighted by Gasteiger charge is 2.39. The van der Waals surface area contributed by atoms with Gasteiger partial charge in [0, 0.05) is 55.1 Å². The molecule has 2 atom stereocenters. The Morgan fingerprint density at radius 3 is 0.990 bits per heavy atom. The van der Waals surface area contributed by atoms with Gasteiger partial charge in [-0.2, -0.15) is 0 Å². The number of carbonyl (C=O) groups excluding carboxylic acids is 3. The molecule has 0 saturated carbocycles. The number of hydrogen-bond acceptors (Lipinski definition) is 23. The van der Waals surface area contributed by atoms with Gasteiger partial charge >= 0.3 is 11.9 Å². The van der Waals surface area contributed by atoms with Crippen LogP contribution >= 0.6 is 34.8 Å². The predicted octanol–water partition coefficient (Wildman–Crippen LogP) is 15.2. The molecule has 5 rings (SSSR count). The van der Waals surface area contributed by atoms with E-state index in [2.05, 4.69) is 42.8 Å². The molecule has 98 heavy (non-hydrogen) atoms. The second kappa shape index (κ2) is 38.1. The fourth-order valence-corrected chi connectivity index (χ4v) is 10.2. The van der Waals surface area contributed by atoms with E-state index in [4.69, 9.17) is 86.9 Å². The summed E-state index contributed by atoms with van der Waals surface area (Å²) in [5.41, 5.74) is 3.24. The van der Waals surface area contributed by atoms with Gasteiger partial charge in [0.25, 0.3) is 0 Å². The summed E-state index contributed by atoms with van der Waals surface area (Å²) in [6.45, 7) is 38.4. The summed E-state index contributed by atoms with van der Waals surface area (Å²) in [6, 6.07) is 7.98. The number of esters is 2. The summed E-state index contributed by atoms with van der Waals surface area (Å²) in [6.07, 6.45) is 1.77. The number of carbonyl (C=O) groups is 3. The third-order valence-electron chi connectivity index (χ3n) is 15.5. The zero-order chi connectivity index (χ0) is 75.5. The van der Waals surface area contributed by atoms with Gasteiger partial charge < -0.3 is 72.2 Å². The third-order valence-corrected chi connectivity index (χ3v) is 16.0. The van der Waals surface area contributed by atoms with Crippen LogP contribution in [0.2, 0.25) is 15.5 Å². The normalized spacial score (nSPS) is 12.6. The summed E-state index contributed by atoms with van der Waals surface area (Å²) in [5, 5.41) is 31.4. The lowest BCUT2D eigenvalue weighted by Gasteiger charge is -2.32. The maximum Gasteiger partial charge on any atom is 0.356 e. The molecule has 5 heterocycles. The van der Waals surface area contributed by atoms with Crippen LogP contribution in [0.15, 0.2) is 55.1 Å². The zero-order valence-electron chi connectivity index (χ0n) is 61.9. The molecule has 3 N–H and O–H groups in total. The van der Waals surface area contributed by atoms with E-state index in [9.17, 15) is 29.7 Å². The van der Waals surface area contributed by atoms with Crippen molar-refractivity contribution >= 4 is 63.7 Å². The first-order chi connectivity index (χ1) is 44.6. The topological polar surface area (TPSA) is 287 Å². The van der Waals surface area contributed by atoms with E-state index >= 15 is 0 Å². The highest BCUT2D eigenvalue weighted by molar-refractivity contribution is 6.30. The number of aliphatic hydroxyl groups is 3. The summed E-state index contributed by atoms with van der Waals surface area (Å²) < 4.78 is 63.1. The minimum Gasteiger partial charge on any atom is -0.481 e. The first kappa shape index (κ1) is 91.1. The number of allylic oxidation sites excluding steroid dienone is 3. The maximum atomic E-state index is 11.9. The van der Waals surface area contributed by atoms with Crippen molar-refractivity contribution in [3.8, 4) is 29.4 Å². The molecule has 0 aliphatic carbocycles. The number of aliphatic hydroxyl groups excluding tert-OH is 1. The Morgan fingerprint density at radius 1 is 0.439 bits per heavy atom. The number of nitrogens with zero attached hydrogens (tertiary/aromatic N) is 5. The van der Waals surface area contributed by atoms with Crippen molar-refractivity contribution in [1.29, 1.82) is 0 Å². The van der Waals surface area contributed by atoms with E-state index in [0.29, 0.717) is 56.2 Å². The molecule has 0 spiro atoms. The largest absolute Gasteiger partial charge is 0.481 e. The van der Waals surface area contributed by atoms with Crippen LogP contribution in [0, 0.1) is 0 Å². The van der Waals surface area contributed by atoms with Gasteiger partial charge in [0.2, 0.25) is 29.4 Å². The smallest absolute Gasteiger partial charge is 0.356 e. The predicted molar refractivity (Wildman–Crippen MR) is 388 cm³/mol. The van der Waals surface area contributed by atoms with E-state index in [1.165, 1.54) is 75.7 Å². The molecule has 23 nitrogen and oxygen atoms in total. The van der Waals surface area contributed by atoms with Crippen LogP contribution < -0.4 is 23.7 Å². The number of halogens is 3. The number of hydrogen-bond donors (Lipinski definition) is 3. The number of Topliss-reactive ketones (excluding diaryl/α,β-unsaturated/α-hetero) is 1. The van der Waals surface area contributed by atoms with Crippen LogP contribution in [-0.4, -0.2) is 150 Å². The molecule has 2 unspecified atom stereocenters. The van der Waals surface area contributed by atoms with E-state index in [-0.39, 0.29) is 49.5 Å². The first-order valence-electron chi connectivity index (χ1n) is 30.1. The van der Waals surface area contributed by atoms with E-state index in [0.717, 1.165) is 39.0 Å². The number of aromatic nitrogens is 5. The highest BCUT2D eigenvalue weighted by Crippen LogP contribution is 2.44. The van der Waals surface area contributed by atoms with Crippen molar-refractivity contribution in [1.82, 2.24) is 24.9 Å². The van der Waals surface area contributed by atoms with Gasteiger partial charge in [0.1, 0.15) is 26.7 Å². The summed E-state index contributed by atoms with van der Waals surface area (Å²) in [7, 11) is 18.0. The summed E-state index contributed by atoms with van der Waals surface area (Å²) >= 11 is 18.0. The highest BCUT2D eigenvalue weighted by atomic mass is 35.5. The van der Waals surface area contributed by atoms with Crippen molar-refractivity contribution in [2.24, 2.45) is 0 Å². The molecule has 0 bridgehead atoms. The van der Waals surface area contributed by atoms with Crippen LogP contribution in [0.3, 0.4) is 0 Å². The summed E-state index contributed by atoms with van der Waals surface area (Å²) in [5.74, 6) is 0.232. The van der Waals surface area contributed by atoms with Crippen molar-refractivity contribution < 1.29 is 89.4 Å². The molecule has 0 aliphatic rings. The maximum absolute atomic E-state index is 11.9. The number of methoxy groups -OCH3 is 12. The summed E-state index contributed by atoms with van der Waals surface area (Å²) in [4.78, 5) is 55.9. The zero-order valence-corrected chi connectivity index (χ0v) is 64.2. The molecule has 26 heteroatoms. The average molecular weight is 1440 g/mol. The lowest BCUT2D eigenvalue weighted by Crippen LogP contribution is -2.33. The Kier molecular flexibility index (Phi) is 35.4. The Bertz CT molecular complexity index is 3510. The molecule has 5 aromatic heterocycles. The fourth-order valence-electron chi connectivity index (χ4n) is 9.59. The Labute approximate surface area is 598 Å². The molecule has 0 radical (unpaired) electrons. The molecule has 0 aliphatic heterocycles. The van der Waals surface area contributed by atoms with Crippen molar-refractivity contribution in [2.75, 3.05) is 91.9 Å². The van der Waals surface area contributed by atoms with Gasteiger partial charge in [0.05, 0.1) is 112 Å². The second-order valence-corrected chi connectivity index (χ2v) is 26.1. The lowest BCUT2D eigenvalue weighted by molar-refractivity contribution is -0.0169. The Hall–Kier alpha value is -6.87. The molecule has 552 valence electrons. The van der Waals surface area contributed by atoms with E-state index < -0.39 is 57.8 Å². The van der Waals surface area contributed by atoms with Crippen molar-refractivity contribution in [3.63, 3.8) is 0 Å². The van der Waals surface area contributed by atoms with Gasteiger partial charge in [-0.1, -0.05) is 78.2 Å². The van der Waals surface area contributed by atoms with E-state index in [1.54, 1.807) is 80.6 Å². The molecule has 0 saturated heterocycles. The lowest BCUT2D eigenvalue weighted by atomic mass is 9.84. The van der Waals surface area contributed by atoms with Crippen LogP contribution in [0.1, 0.15) is 209 Å². The van der Waals surface area contributed by atoms with Gasteiger partial charge in [-0.25, -0.2) is 34.5 Å². The molecule has 0 aromatic carbocycles. The number of pyridine rings is 5. The number of rotatable bonds is 24. The van der Waals surface area contributed by atoms with Gasteiger partial charge in [-0.15, -0.1) is 0 Å². The average Bonchev–Trinajstić information content (AvgIpc) is 0.781. The molecule has 0 fully saturated rings. The van der Waals surface area contributed by atoms with Gasteiger partial charge in [0.15, 0.2) is 17.2 Å². The monoisotopic (exact) mass is 1440 g/mol. The van der Waals surface area contributed by atoms with Crippen LogP contribution in [0.4, 0.5) is 0 Å². The quantitative estimate of drug-likeness (QED) is 0.0224. The first-order valence-corrected chi connectivity index (χ1v) is 31.2. The molecular formula is C72H110Cl3N5O18. The van der Waals surface area contributed by atoms with Crippen LogP contribution in [-0.2, 0) is 72.4 Å². The molecular weight excluding hydrogens is 1330 g/mol. The minimum atomic E-state index is -1.47. The number of ether oxygens (including phenoxy) is 12. The SMILES string of the molecule is C.C=C(C)c1cc(C(=O)OC)nc(OC)c1C(C)(C)OC.C=C(C)c1cc(Cl)nc(OC)c1C(C)(C)OC.COC(=O)c1cc(C(C)=O)c(C(C)(C)OC)c(OC)n1.COc1nc(Cl)cc(C(C)(O)C=C(C)C)c1C(C)(C)OC.COc1nc(Cl)cc(C(C)(O)CO)c1C(C)(C)OC.[HH].[HH]. The Balaban J connectivity index is -0.00000117. The Morgan fingerprint density at radius 2 is 0.704 bits per heavy atom. The van der Waals surface area contributed by atoms with Crippen LogP contribution in [0.25, 0.3) is 11.1 Å². The third kappa shape index (κ3) is 23.4. The molecule has 0 amide bonds. The van der Waals surface area contributed by atoms with Crippen molar-refractivity contribution in [3.05, 3.63) is 138 Å². The van der Waals surface area contributed by atoms with Gasteiger partial charge in [-0.3, -0.25) is 4.79 Å². The van der Waals surface area contributed by atoms with Crippen molar-refractivity contribution in [2.45, 2.75) is 164 Å². The van der Waals surface area contributed by atoms with Gasteiger partial charge in [-0.05, 0) is 159 Å². The standard InChI is InChI=1S/C16H24ClNO3.C15H21NO4.C14H19NO5.C13H20ClNO4.C13H18ClNO2.CH4.2H2/c1-10(2)9-16(5,19)11-8-12(17)18-14(20-6)13(11)15(3,4)21-7;1-9(2)10-8-11(14(17)19-6)16-13(18-5)12(10)15(3,4)20-7;1-8(16)9-7-10(13(17)19-5)15-12(18-4)11(9)14(2,3)20-6;1-12(2,19-5)10-8(13(3,17)7-16)6-9(14)15-11(10)18-4;1-8(2)9-7-10(14)15-12(16-5)11(9)13(3,4)17-6;;;/h8-9,19H,1-7H3;8H,1H2,2-7H3;7H,1-6H3;6,16-17H,7H2,1-5H3;7H,1H2,2-6H3;1H4;2*1H. The van der Waals surface area contributed by atoms with E-state index in [1.807, 2.05) is 83.1 Å². The fraction of sp³-hybridized carbons (Fsp3) is 0.528. The molecule has 5 aromatic rings. The number of ketones is 1. The second-order valence-electron chi connectivity index (χ2n) is 25.0. The van der Waals surface area contributed by atoms with Crippen LogP contribution in [0.5, 0.6) is 29.4 Å². The minimum absolute atomic E-state index is 0.